The van der Waals surface area contributed by atoms with Gasteiger partial charge in [-0.25, -0.2) is 4.79 Å². The zero-order valence-electron chi connectivity index (χ0n) is 26.4. The Morgan fingerprint density at radius 1 is 1.07 bits per heavy atom. The van der Waals surface area contributed by atoms with Crippen LogP contribution in [0.2, 0.25) is 0 Å². The number of carbonyl (C=O) groups excluding carboxylic acids is 1. The third-order valence-electron chi connectivity index (χ3n) is 12.1. The van der Waals surface area contributed by atoms with Gasteiger partial charge in [0.1, 0.15) is 11.9 Å². The molecule has 0 bridgehead atoms. The molecule has 4 aliphatic rings. The molecule has 9 atom stereocenters. The third-order valence-corrected chi connectivity index (χ3v) is 12.1. The van der Waals surface area contributed by atoms with Gasteiger partial charge >= 0.3 is 5.97 Å². The minimum atomic E-state index is -0.453. The monoisotopic (exact) mass is 562 g/mol. The van der Waals surface area contributed by atoms with Crippen LogP contribution in [0, 0.1) is 46.3 Å². The van der Waals surface area contributed by atoms with E-state index >= 15 is 0 Å². The van der Waals surface area contributed by atoms with Gasteiger partial charge in [-0.3, -0.25) is 0 Å². The predicted octanol–water partition coefficient (Wildman–Crippen LogP) is 8.63. The molecule has 0 amide bonds. The number of methoxy groups -OCH3 is 1. The number of aliphatic hydroxyl groups is 1. The molecule has 4 aliphatic carbocycles. The Bertz CT molecular complexity index is 1120. The first-order chi connectivity index (χ1) is 19.6. The van der Waals surface area contributed by atoms with Crippen molar-refractivity contribution in [1.29, 1.82) is 0 Å². The van der Waals surface area contributed by atoms with Crippen LogP contribution in [0.25, 0.3) is 6.08 Å². The molecule has 1 aromatic rings. The second-order valence-corrected chi connectivity index (χ2v) is 14.8. The lowest BCUT2D eigenvalue weighted by Gasteiger charge is -2.60. The molecule has 5 rings (SSSR count). The minimum Gasteiger partial charge on any atom is -0.497 e. The highest BCUT2D eigenvalue weighted by molar-refractivity contribution is 5.87. The summed E-state index contributed by atoms with van der Waals surface area (Å²) in [6, 6.07) is 7.64. The molecule has 0 radical (unpaired) electrons. The summed E-state index contributed by atoms with van der Waals surface area (Å²) in [7, 11) is 1.65. The van der Waals surface area contributed by atoms with Crippen molar-refractivity contribution in [1.82, 2.24) is 0 Å². The number of ether oxygens (including phenoxy) is 2. The summed E-state index contributed by atoms with van der Waals surface area (Å²) in [6.07, 6.45) is 16.6. The molecule has 4 heteroatoms. The molecule has 41 heavy (non-hydrogen) atoms. The summed E-state index contributed by atoms with van der Waals surface area (Å²) >= 11 is 0. The molecule has 0 aliphatic heterocycles. The van der Waals surface area contributed by atoms with E-state index in [0.29, 0.717) is 30.1 Å². The Labute approximate surface area is 249 Å². The van der Waals surface area contributed by atoms with E-state index < -0.39 is 6.10 Å². The van der Waals surface area contributed by atoms with Crippen molar-refractivity contribution in [3.05, 3.63) is 47.6 Å². The van der Waals surface area contributed by atoms with Crippen molar-refractivity contribution in [2.24, 2.45) is 46.3 Å². The Kier molecular flexibility index (Phi) is 9.09. The molecule has 0 saturated heterocycles. The Morgan fingerprint density at radius 2 is 1.83 bits per heavy atom. The Morgan fingerprint density at radius 3 is 2.54 bits per heavy atom. The Balaban J connectivity index is 1.31. The van der Waals surface area contributed by atoms with Crippen molar-refractivity contribution >= 4 is 12.0 Å². The number of fused-ring (bicyclic) bond motifs is 5. The van der Waals surface area contributed by atoms with Crippen LogP contribution in [0.4, 0.5) is 0 Å². The number of esters is 1. The molecule has 0 heterocycles. The van der Waals surface area contributed by atoms with Crippen LogP contribution in [0.3, 0.4) is 0 Å². The van der Waals surface area contributed by atoms with E-state index in [1.54, 1.807) is 13.2 Å². The third kappa shape index (κ3) is 5.92. The average molecular weight is 563 g/mol. The van der Waals surface area contributed by atoms with Crippen molar-refractivity contribution in [3.8, 4) is 5.75 Å². The van der Waals surface area contributed by atoms with Crippen LogP contribution in [-0.2, 0) is 9.53 Å². The van der Waals surface area contributed by atoms with E-state index in [-0.39, 0.29) is 17.5 Å². The molecule has 1 N–H and O–H groups in total. The van der Waals surface area contributed by atoms with E-state index in [1.165, 1.54) is 56.6 Å². The first-order valence-electron chi connectivity index (χ1n) is 16.5. The van der Waals surface area contributed by atoms with E-state index in [2.05, 4.69) is 40.7 Å². The summed E-state index contributed by atoms with van der Waals surface area (Å²) in [6.45, 7) is 12.2. The number of rotatable bonds is 9. The highest BCUT2D eigenvalue weighted by Gasteiger charge is 2.61. The maximum atomic E-state index is 13.1. The fourth-order valence-corrected chi connectivity index (χ4v) is 9.93. The molecule has 3 fully saturated rings. The number of allylic oxidation sites excluding steroid dienone is 1. The normalized spacial score (nSPS) is 37.2. The second kappa shape index (κ2) is 12.3. The van der Waals surface area contributed by atoms with E-state index in [9.17, 15) is 9.90 Å². The minimum absolute atomic E-state index is 0.200. The molecule has 4 nitrogen and oxygen atoms in total. The Hall–Kier alpha value is -2.07. The second-order valence-electron chi connectivity index (χ2n) is 14.8. The lowest BCUT2D eigenvalue weighted by molar-refractivity contribution is -0.163. The van der Waals surface area contributed by atoms with Crippen LogP contribution < -0.4 is 4.74 Å². The number of hydrogen-bond acceptors (Lipinski definition) is 4. The van der Waals surface area contributed by atoms with Crippen LogP contribution in [0.5, 0.6) is 5.75 Å². The van der Waals surface area contributed by atoms with E-state index in [4.69, 9.17) is 9.47 Å². The summed E-state index contributed by atoms with van der Waals surface area (Å²) in [4.78, 5) is 13.1. The molecule has 226 valence electrons. The van der Waals surface area contributed by atoms with Gasteiger partial charge in [-0.15, -0.1) is 0 Å². The number of carbonyl (C=O) groups is 1. The lowest BCUT2D eigenvalue weighted by atomic mass is 9.46. The number of hydrogen-bond donors (Lipinski definition) is 1. The van der Waals surface area contributed by atoms with Gasteiger partial charge in [0.15, 0.2) is 0 Å². The topological polar surface area (TPSA) is 55.8 Å². The summed E-state index contributed by atoms with van der Waals surface area (Å²) < 4.78 is 11.5. The van der Waals surface area contributed by atoms with Crippen LogP contribution >= 0.6 is 0 Å². The van der Waals surface area contributed by atoms with Gasteiger partial charge in [0.2, 0.25) is 0 Å². The number of aliphatic hydroxyl groups excluding tert-OH is 1. The van der Waals surface area contributed by atoms with Crippen LogP contribution in [0.1, 0.15) is 104 Å². The van der Waals surface area contributed by atoms with Gasteiger partial charge in [-0.05, 0) is 103 Å². The summed E-state index contributed by atoms with van der Waals surface area (Å²) in [5.41, 5.74) is 2.47. The maximum Gasteiger partial charge on any atom is 0.331 e. The summed E-state index contributed by atoms with van der Waals surface area (Å²) in [5, 5.41) is 10.8. The van der Waals surface area contributed by atoms with Gasteiger partial charge in [0, 0.05) is 17.9 Å². The van der Waals surface area contributed by atoms with Gasteiger partial charge in [-0.1, -0.05) is 77.7 Å². The van der Waals surface area contributed by atoms with E-state index in [0.717, 1.165) is 41.4 Å². The largest absolute Gasteiger partial charge is 0.497 e. The van der Waals surface area contributed by atoms with Crippen molar-refractivity contribution in [2.75, 3.05) is 7.11 Å². The molecule has 0 spiro atoms. The highest BCUT2D eigenvalue weighted by Crippen LogP contribution is 2.67. The molecule has 1 aromatic carbocycles. The predicted molar refractivity (Wildman–Crippen MR) is 166 cm³/mol. The first kappa shape index (κ1) is 30.4. The fourth-order valence-electron chi connectivity index (χ4n) is 9.93. The van der Waals surface area contributed by atoms with Gasteiger partial charge in [0.25, 0.3) is 0 Å². The first-order valence-corrected chi connectivity index (χ1v) is 16.5. The smallest absolute Gasteiger partial charge is 0.331 e. The molecular formula is C37H54O4. The van der Waals surface area contributed by atoms with Crippen molar-refractivity contribution in [3.63, 3.8) is 0 Å². The van der Waals surface area contributed by atoms with Gasteiger partial charge < -0.3 is 14.6 Å². The van der Waals surface area contributed by atoms with E-state index in [1.807, 2.05) is 24.3 Å². The molecule has 0 aromatic heterocycles. The van der Waals surface area contributed by atoms with Crippen molar-refractivity contribution < 1.29 is 19.4 Å². The van der Waals surface area contributed by atoms with Gasteiger partial charge in [0.05, 0.1) is 13.2 Å². The zero-order valence-corrected chi connectivity index (χ0v) is 26.4. The molecule has 1 unspecified atom stereocenters. The average Bonchev–Trinajstić information content (AvgIpc) is 3.30. The maximum absolute atomic E-state index is 13.1. The highest BCUT2D eigenvalue weighted by atomic mass is 16.5. The lowest BCUT2D eigenvalue weighted by Crippen LogP contribution is -2.56. The SMILES string of the molecule is COc1ccc(/C=C/C(=O)OC2C[C@H](O)CC3=CC[C@H]4[C@@H]5CC[C@H]([C@H](C)CCCC(C)C)[C@@]5(C)CC[C@@H]4[C@]32C)cc1. The summed E-state index contributed by atoms with van der Waals surface area (Å²) in [5.74, 6) is 4.77. The zero-order chi connectivity index (χ0) is 29.4. The molecular weight excluding hydrogens is 508 g/mol. The quantitative estimate of drug-likeness (QED) is 0.186. The number of benzene rings is 1. The standard InChI is InChI=1S/C37H54O4/c1-24(2)8-7-9-25(3)31-17-18-32-30-16-13-27-22-28(38)23-34(37(27,5)33(30)20-21-36(31,32)4)41-35(39)19-12-26-10-14-29(40-6)15-11-26/h10-15,19,24-25,28,30-34,38H,7-9,16-18,20-23H2,1-6H3/b19-12+/t25-,28-,30+,31-,32+,33+,34?,36-,37+/m1/s1. The van der Waals surface area contributed by atoms with Crippen LogP contribution in [-0.4, -0.2) is 30.4 Å². The molecule has 3 saturated carbocycles. The van der Waals surface area contributed by atoms with Crippen molar-refractivity contribution in [2.45, 2.75) is 111 Å². The van der Waals surface area contributed by atoms with Gasteiger partial charge in [-0.2, -0.15) is 0 Å². The van der Waals surface area contributed by atoms with Crippen LogP contribution in [0.15, 0.2) is 42.0 Å². The fraction of sp³-hybridized carbons (Fsp3) is 0.703.